The van der Waals surface area contributed by atoms with Crippen LogP contribution in [0.5, 0.6) is 0 Å². The van der Waals surface area contributed by atoms with Crippen LogP contribution in [0.1, 0.15) is 32.1 Å². The first-order valence-electron chi connectivity index (χ1n) is 7.71. The van der Waals surface area contributed by atoms with Gasteiger partial charge in [0.05, 0.1) is 11.4 Å². The lowest BCUT2D eigenvalue weighted by molar-refractivity contribution is 0.441. The van der Waals surface area contributed by atoms with Crippen molar-refractivity contribution in [3.8, 4) is 11.5 Å². The fourth-order valence-electron chi connectivity index (χ4n) is 2.49. The topological polar surface area (TPSA) is 12.4 Å². The van der Waals surface area contributed by atoms with Gasteiger partial charge in [-0.2, -0.15) is 0 Å². The second-order valence-corrected chi connectivity index (χ2v) is 11.4. The molecule has 0 unspecified atom stereocenters. The summed E-state index contributed by atoms with van der Waals surface area (Å²) in [5.74, 6) is 4.02. The first-order chi connectivity index (χ1) is 9.54. The maximum atomic E-state index is 4.85. The van der Waals surface area contributed by atoms with E-state index in [1.807, 2.05) is 18.2 Å². The first-order valence-corrected chi connectivity index (χ1v) is 11.2. The Hall–Kier alpha value is -1.33. The van der Waals surface area contributed by atoms with Crippen molar-refractivity contribution < 1.29 is 0 Å². The molecular weight excluding hydrogens is 258 g/mol. The van der Waals surface area contributed by atoms with Gasteiger partial charge in [-0.3, -0.25) is 0 Å². The van der Waals surface area contributed by atoms with Gasteiger partial charge in [0.25, 0.3) is 0 Å². The van der Waals surface area contributed by atoms with E-state index < -0.39 is 8.07 Å². The number of para-hydroxylation sites is 1. The molecule has 0 heterocycles. The molecule has 0 saturated heterocycles. The molecule has 0 N–H and O–H groups in total. The molecule has 0 aromatic heterocycles. The molecule has 1 saturated carbocycles. The van der Waals surface area contributed by atoms with E-state index in [9.17, 15) is 0 Å². The summed E-state index contributed by atoms with van der Waals surface area (Å²) in [6, 6.07) is 10.3. The van der Waals surface area contributed by atoms with Crippen LogP contribution in [0.15, 0.2) is 35.3 Å². The highest BCUT2D eigenvalue weighted by molar-refractivity contribution is 6.84. The second kappa shape index (κ2) is 6.90. The Morgan fingerprint density at radius 2 is 1.70 bits per heavy atom. The molecule has 1 aromatic rings. The smallest absolute Gasteiger partial charge is 0.129 e. The van der Waals surface area contributed by atoms with Crippen molar-refractivity contribution in [3.05, 3.63) is 30.3 Å². The van der Waals surface area contributed by atoms with Crippen LogP contribution in [0.2, 0.25) is 19.6 Å². The first kappa shape index (κ1) is 15.1. The molecule has 2 rings (SSSR count). The van der Waals surface area contributed by atoms with Crippen LogP contribution < -0.4 is 0 Å². The molecule has 1 aromatic carbocycles. The molecule has 0 aliphatic heterocycles. The number of hydrogen-bond acceptors (Lipinski definition) is 1. The van der Waals surface area contributed by atoms with Crippen molar-refractivity contribution in [1.29, 1.82) is 0 Å². The van der Waals surface area contributed by atoms with Gasteiger partial charge in [-0.25, -0.2) is 4.99 Å². The van der Waals surface area contributed by atoms with E-state index in [0.29, 0.717) is 5.92 Å². The third kappa shape index (κ3) is 4.98. The van der Waals surface area contributed by atoms with E-state index in [1.54, 1.807) is 0 Å². The molecule has 106 valence electrons. The van der Waals surface area contributed by atoms with E-state index >= 15 is 0 Å². The predicted molar refractivity (Wildman–Crippen MR) is 91.2 cm³/mol. The standard InChI is InChI=1S/C18H25NSi/c1-20(2,3)15-14-18(16-10-6-4-7-11-16)19-17-12-8-5-9-13-17/h5,8-9,12-13,16H,4,6-7,10-11H2,1-3H3. The van der Waals surface area contributed by atoms with Gasteiger partial charge in [0.2, 0.25) is 0 Å². The summed E-state index contributed by atoms with van der Waals surface area (Å²) in [6.45, 7) is 6.88. The molecule has 0 spiro atoms. The Morgan fingerprint density at radius 3 is 2.30 bits per heavy atom. The largest absolute Gasteiger partial charge is 0.244 e. The molecule has 20 heavy (non-hydrogen) atoms. The number of nitrogens with zero attached hydrogens (tertiary/aromatic N) is 1. The summed E-state index contributed by atoms with van der Waals surface area (Å²) < 4.78 is 0. The molecule has 1 nitrogen and oxygen atoms in total. The lowest BCUT2D eigenvalue weighted by Crippen LogP contribution is -2.20. The normalized spacial score (nSPS) is 17.4. The Balaban J connectivity index is 2.27. The molecule has 1 aliphatic carbocycles. The average molecular weight is 283 g/mol. The number of hydrogen-bond donors (Lipinski definition) is 0. The van der Waals surface area contributed by atoms with E-state index in [1.165, 1.54) is 32.1 Å². The van der Waals surface area contributed by atoms with Crippen LogP contribution in [0.4, 0.5) is 5.69 Å². The summed E-state index contributed by atoms with van der Waals surface area (Å²) in [6.07, 6.45) is 6.54. The van der Waals surface area contributed by atoms with Gasteiger partial charge in [-0.1, -0.05) is 63.0 Å². The van der Waals surface area contributed by atoms with Crippen LogP contribution in [-0.2, 0) is 0 Å². The lowest BCUT2D eigenvalue weighted by atomic mass is 9.86. The van der Waals surface area contributed by atoms with E-state index in [2.05, 4.69) is 43.2 Å². The van der Waals surface area contributed by atoms with Crippen molar-refractivity contribution >= 4 is 19.5 Å². The third-order valence-corrected chi connectivity index (χ3v) is 4.44. The highest BCUT2D eigenvalue weighted by atomic mass is 28.3. The third-order valence-electron chi connectivity index (χ3n) is 3.56. The Kier molecular flexibility index (Phi) is 5.20. The van der Waals surface area contributed by atoms with Crippen LogP contribution >= 0.6 is 0 Å². The number of benzene rings is 1. The van der Waals surface area contributed by atoms with Gasteiger partial charge in [0, 0.05) is 5.92 Å². The number of rotatable bonds is 2. The van der Waals surface area contributed by atoms with Crippen molar-refractivity contribution in [2.24, 2.45) is 10.9 Å². The Labute approximate surface area is 124 Å². The van der Waals surface area contributed by atoms with Crippen LogP contribution in [-0.4, -0.2) is 13.8 Å². The summed E-state index contributed by atoms with van der Waals surface area (Å²) in [5.41, 5.74) is 5.66. The summed E-state index contributed by atoms with van der Waals surface area (Å²) in [4.78, 5) is 4.85. The maximum absolute atomic E-state index is 4.85. The Bertz CT molecular complexity index is 508. The van der Waals surface area contributed by atoms with Gasteiger partial charge >= 0.3 is 0 Å². The molecule has 1 fully saturated rings. The minimum absolute atomic E-state index is 0.577. The molecule has 0 bridgehead atoms. The van der Waals surface area contributed by atoms with Gasteiger partial charge < -0.3 is 0 Å². The second-order valence-electron chi connectivity index (χ2n) is 6.67. The zero-order valence-corrected chi connectivity index (χ0v) is 13.9. The number of aliphatic imine (C=N–C) groups is 1. The highest BCUT2D eigenvalue weighted by Crippen LogP contribution is 2.26. The molecule has 2 heteroatoms. The van der Waals surface area contributed by atoms with E-state index in [0.717, 1.165) is 11.4 Å². The molecule has 0 amide bonds. The van der Waals surface area contributed by atoms with Crippen LogP contribution in [0, 0.1) is 17.4 Å². The van der Waals surface area contributed by atoms with Gasteiger partial charge in [-0.15, -0.1) is 5.54 Å². The summed E-state index contributed by atoms with van der Waals surface area (Å²) in [7, 11) is -1.34. The van der Waals surface area contributed by atoms with Crippen molar-refractivity contribution in [2.45, 2.75) is 51.7 Å². The molecule has 0 atom stereocenters. The molecular formula is C18H25NSi. The lowest BCUT2D eigenvalue weighted by Gasteiger charge is -2.21. The highest BCUT2D eigenvalue weighted by Gasteiger charge is 2.18. The van der Waals surface area contributed by atoms with E-state index in [4.69, 9.17) is 4.99 Å². The fraction of sp³-hybridized carbons (Fsp3) is 0.500. The predicted octanol–water partition coefficient (Wildman–Crippen LogP) is 5.22. The summed E-state index contributed by atoms with van der Waals surface area (Å²) in [5, 5.41) is 0. The zero-order chi connectivity index (χ0) is 14.4. The van der Waals surface area contributed by atoms with Gasteiger partial charge in [0.15, 0.2) is 0 Å². The van der Waals surface area contributed by atoms with E-state index in [-0.39, 0.29) is 0 Å². The van der Waals surface area contributed by atoms with Gasteiger partial charge in [-0.05, 0) is 25.0 Å². The van der Waals surface area contributed by atoms with Crippen molar-refractivity contribution in [3.63, 3.8) is 0 Å². The monoisotopic (exact) mass is 283 g/mol. The molecule has 1 aliphatic rings. The van der Waals surface area contributed by atoms with Crippen LogP contribution in [0.3, 0.4) is 0 Å². The van der Waals surface area contributed by atoms with Crippen LogP contribution in [0.25, 0.3) is 0 Å². The fourth-order valence-corrected chi connectivity index (χ4v) is 2.99. The van der Waals surface area contributed by atoms with Crippen molar-refractivity contribution in [2.75, 3.05) is 0 Å². The minimum Gasteiger partial charge on any atom is -0.244 e. The minimum atomic E-state index is -1.34. The molecule has 0 radical (unpaired) electrons. The van der Waals surface area contributed by atoms with Crippen molar-refractivity contribution in [1.82, 2.24) is 0 Å². The van der Waals surface area contributed by atoms with Gasteiger partial charge in [0.1, 0.15) is 8.07 Å². The SMILES string of the molecule is C[Si](C)(C)C#CC(=Nc1ccccc1)C1CCCCC1. The quantitative estimate of drug-likeness (QED) is 0.401. The summed E-state index contributed by atoms with van der Waals surface area (Å²) >= 11 is 0. The zero-order valence-electron chi connectivity index (χ0n) is 12.9. The Morgan fingerprint density at radius 1 is 1.05 bits per heavy atom. The average Bonchev–Trinajstić information content (AvgIpc) is 2.44. The maximum Gasteiger partial charge on any atom is 0.129 e.